The molecule has 1 aliphatic carbocycles. The Morgan fingerprint density at radius 3 is 2.71 bits per heavy atom. The minimum Gasteiger partial charge on any atom is -0.480 e. The molecule has 28 heavy (non-hydrogen) atoms. The number of methoxy groups -OCH3 is 1. The van der Waals surface area contributed by atoms with E-state index in [1.165, 1.54) is 18.4 Å². The Balaban J connectivity index is 1.59. The molecule has 3 aromatic rings. The highest BCUT2D eigenvalue weighted by atomic mass is 28.3. The van der Waals surface area contributed by atoms with Crippen LogP contribution in [0.3, 0.4) is 0 Å². The maximum absolute atomic E-state index is 5.82. The van der Waals surface area contributed by atoms with Crippen molar-refractivity contribution in [3.05, 3.63) is 30.2 Å². The lowest BCUT2D eigenvalue weighted by molar-refractivity contribution is 0.0816. The van der Waals surface area contributed by atoms with E-state index in [4.69, 9.17) is 14.5 Å². The van der Waals surface area contributed by atoms with Crippen LogP contribution in [0.15, 0.2) is 24.7 Å². The molecule has 0 unspecified atom stereocenters. The molecule has 0 atom stereocenters. The average Bonchev–Trinajstić information content (AvgIpc) is 3.44. The standard InChI is InChI=1S/C20H27N5O2Si/c1-26-20-18(15(7-8-21-20)14-5-6-14)19-22-12-17-16(24-19)11-23-25(17)13-27-9-10-28(2,3)4/h7-8,11-12,14H,5-6,9-10,13H2,1-4H3. The largest absolute Gasteiger partial charge is 0.480 e. The molecule has 0 amide bonds. The highest BCUT2D eigenvalue weighted by Gasteiger charge is 2.29. The zero-order chi connectivity index (χ0) is 19.7. The molecule has 7 nitrogen and oxygen atoms in total. The van der Waals surface area contributed by atoms with Crippen molar-refractivity contribution in [2.75, 3.05) is 13.7 Å². The van der Waals surface area contributed by atoms with Crippen LogP contribution in [-0.2, 0) is 11.5 Å². The van der Waals surface area contributed by atoms with E-state index in [9.17, 15) is 0 Å². The second-order valence-electron chi connectivity index (χ2n) is 8.51. The van der Waals surface area contributed by atoms with Crippen molar-refractivity contribution in [3.63, 3.8) is 0 Å². The first-order chi connectivity index (χ1) is 13.5. The van der Waals surface area contributed by atoms with E-state index in [1.54, 1.807) is 19.5 Å². The van der Waals surface area contributed by atoms with E-state index >= 15 is 0 Å². The second kappa shape index (κ2) is 7.60. The van der Waals surface area contributed by atoms with Gasteiger partial charge >= 0.3 is 0 Å². The normalized spacial score (nSPS) is 14.6. The molecule has 8 heteroatoms. The molecule has 4 rings (SSSR count). The van der Waals surface area contributed by atoms with Crippen molar-refractivity contribution in [1.82, 2.24) is 24.7 Å². The quantitative estimate of drug-likeness (QED) is 0.421. The first-order valence-electron chi connectivity index (χ1n) is 9.76. The molecule has 0 radical (unpaired) electrons. The average molecular weight is 398 g/mol. The lowest BCUT2D eigenvalue weighted by atomic mass is 10.0. The molecule has 1 fully saturated rings. The third-order valence-corrected chi connectivity index (χ3v) is 6.69. The van der Waals surface area contributed by atoms with Crippen molar-refractivity contribution in [2.24, 2.45) is 0 Å². The van der Waals surface area contributed by atoms with Crippen LogP contribution in [0.1, 0.15) is 24.3 Å². The number of pyridine rings is 1. The van der Waals surface area contributed by atoms with Gasteiger partial charge in [-0.3, -0.25) is 0 Å². The Morgan fingerprint density at radius 2 is 2.00 bits per heavy atom. The summed E-state index contributed by atoms with van der Waals surface area (Å²) in [5.74, 6) is 1.76. The molecule has 148 valence electrons. The summed E-state index contributed by atoms with van der Waals surface area (Å²) < 4.78 is 13.1. The predicted molar refractivity (Wildman–Crippen MR) is 111 cm³/mol. The van der Waals surface area contributed by atoms with Gasteiger partial charge in [0.15, 0.2) is 5.82 Å². The van der Waals surface area contributed by atoms with Gasteiger partial charge in [0.25, 0.3) is 0 Å². The fourth-order valence-corrected chi connectivity index (χ4v) is 3.95. The van der Waals surface area contributed by atoms with Gasteiger partial charge < -0.3 is 9.47 Å². The van der Waals surface area contributed by atoms with Gasteiger partial charge in [0.1, 0.15) is 17.8 Å². The van der Waals surface area contributed by atoms with Crippen LogP contribution in [0.25, 0.3) is 22.4 Å². The summed E-state index contributed by atoms with van der Waals surface area (Å²) in [5.41, 5.74) is 3.78. The molecule has 0 aliphatic heterocycles. The summed E-state index contributed by atoms with van der Waals surface area (Å²) in [7, 11) is 0.542. The van der Waals surface area contributed by atoms with Crippen LogP contribution in [0, 0.1) is 0 Å². The van der Waals surface area contributed by atoms with Gasteiger partial charge in [0.05, 0.1) is 25.1 Å². The van der Waals surface area contributed by atoms with Crippen LogP contribution >= 0.6 is 0 Å². The molecule has 1 aliphatic rings. The van der Waals surface area contributed by atoms with Gasteiger partial charge in [-0.05, 0) is 36.4 Å². The van der Waals surface area contributed by atoms with E-state index < -0.39 is 8.07 Å². The number of hydrogen-bond acceptors (Lipinski definition) is 6. The molecule has 1 saturated carbocycles. The predicted octanol–water partition coefficient (Wildman–Crippen LogP) is 4.09. The molecule has 0 saturated heterocycles. The van der Waals surface area contributed by atoms with Gasteiger partial charge in [0.2, 0.25) is 5.88 Å². The lowest BCUT2D eigenvalue weighted by Crippen LogP contribution is -2.22. The number of nitrogens with zero attached hydrogens (tertiary/aromatic N) is 5. The third kappa shape index (κ3) is 4.07. The number of aromatic nitrogens is 5. The van der Waals surface area contributed by atoms with E-state index in [0.29, 0.717) is 24.4 Å². The van der Waals surface area contributed by atoms with Crippen molar-refractivity contribution in [3.8, 4) is 17.3 Å². The first kappa shape index (κ1) is 19.0. The monoisotopic (exact) mass is 397 g/mol. The molecule has 0 N–H and O–H groups in total. The lowest BCUT2D eigenvalue weighted by Gasteiger charge is -2.15. The van der Waals surface area contributed by atoms with Crippen molar-refractivity contribution in [2.45, 2.75) is 51.2 Å². The molecule has 3 heterocycles. The van der Waals surface area contributed by atoms with E-state index in [-0.39, 0.29) is 0 Å². The number of ether oxygens (including phenoxy) is 2. The van der Waals surface area contributed by atoms with Crippen LogP contribution < -0.4 is 4.74 Å². The summed E-state index contributed by atoms with van der Waals surface area (Å²) in [6.07, 6.45) is 7.76. The fourth-order valence-electron chi connectivity index (χ4n) is 3.19. The number of rotatable bonds is 8. The van der Waals surface area contributed by atoms with Gasteiger partial charge in [0, 0.05) is 20.9 Å². The highest BCUT2D eigenvalue weighted by Crippen LogP contribution is 2.46. The topological polar surface area (TPSA) is 75.0 Å². The smallest absolute Gasteiger partial charge is 0.224 e. The van der Waals surface area contributed by atoms with E-state index in [0.717, 1.165) is 29.2 Å². The first-order valence-corrected chi connectivity index (χ1v) is 13.5. The maximum Gasteiger partial charge on any atom is 0.224 e. The van der Waals surface area contributed by atoms with Crippen LogP contribution in [0.2, 0.25) is 25.7 Å². The zero-order valence-electron chi connectivity index (χ0n) is 17.0. The highest BCUT2D eigenvalue weighted by molar-refractivity contribution is 6.76. The molecule has 3 aromatic heterocycles. The van der Waals surface area contributed by atoms with Gasteiger partial charge in [-0.2, -0.15) is 5.10 Å². The molecular weight excluding hydrogens is 370 g/mol. The number of hydrogen-bond donors (Lipinski definition) is 0. The molecule has 0 bridgehead atoms. The van der Waals surface area contributed by atoms with Crippen LogP contribution in [0.4, 0.5) is 0 Å². The van der Waals surface area contributed by atoms with Gasteiger partial charge in [-0.15, -0.1) is 0 Å². The van der Waals surface area contributed by atoms with Crippen molar-refractivity contribution < 1.29 is 9.47 Å². The van der Waals surface area contributed by atoms with Gasteiger partial charge in [-0.1, -0.05) is 19.6 Å². The van der Waals surface area contributed by atoms with Gasteiger partial charge in [-0.25, -0.2) is 19.6 Å². The SMILES string of the molecule is COc1nccc(C2CC2)c1-c1ncc2c(cnn2COCC[Si](C)(C)C)n1. The summed E-state index contributed by atoms with van der Waals surface area (Å²) >= 11 is 0. The second-order valence-corrected chi connectivity index (χ2v) is 14.1. The van der Waals surface area contributed by atoms with Crippen LogP contribution in [0.5, 0.6) is 5.88 Å². The minimum absolute atomic E-state index is 0.417. The Bertz CT molecular complexity index is 978. The van der Waals surface area contributed by atoms with Crippen molar-refractivity contribution >= 4 is 19.1 Å². The summed E-state index contributed by atoms with van der Waals surface area (Å²) in [5, 5.41) is 4.43. The Hall–Kier alpha value is -2.32. The summed E-state index contributed by atoms with van der Waals surface area (Å²) in [6.45, 7) is 8.21. The summed E-state index contributed by atoms with van der Waals surface area (Å²) in [4.78, 5) is 13.7. The third-order valence-electron chi connectivity index (χ3n) is 4.99. The maximum atomic E-state index is 5.82. The minimum atomic E-state index is -1.09. The molecule has 0 aromatic carbocycles. The summed E-state index contributed by atoms with van der Waals surface area (Å²) in [6, 6.07) is 3.19. The van der Waals surface area contributed by atoms with Crippen molar-refractivity contribution in [1.29, 1.82) is 0 Å². The van der Waals surface area contributed by atoms with E-state index in [2.05, 4.69) is 40.8 Å². The molecule has 0 spiro atoms. The van der Waals surface area contributed by atoms with Crippen LogP contribution in [-0.4, -0.2) is 46.5 Å². The Morgan fingerprint density at radius 1 is 1.18 bits per heavy atom. The Kier molecular flexibility index (Phi) is 5.16. The fraction of sp³-hybridized carbons (Fsp3) is 0.500. The molecular formula is C20H27N5O2Si. The number of fused-ring (bicyclic) bond motifs is 1. The van der Waals surface area contributed by atoms with E-state index in [1.807, 2.05) is 10.9 Å². The Labute approximate surface area is 166 Å². The zero-order valence-corrected chi connectivity index (χ0v) is 18.0.